The van der Waals surface area contributed by atoms with E-state index < -0.39 is 0 Å². The van der Waals surface area contributed by atoms with Crippen LogP contribution in [0.3, 0.4) is 0 Å². The molecule has 0 saturated heterocycles. The van der Waals surface area contributed by atoms with Crippen molar-refractivity contribution in [1.82, 2.24) is 0 Å². The summed E-state index contributed by atoms with van der Waals surface area (Å²) in [6.45, 7) is 4.25. The highest BCUT2D eigenvalue weighted by atomic mass is 16.5. The van der Waals surface area contributed by atoms with Crippen molar-refractivity contribution in [1.29, 1.82) is 0 Å². The second kappa shape index (κ2) is 14.5. The molecule has 0 aliphatic heterocycles. The molecular formula is C46H40N2O2. The molecule has 0 amide bonds. The minimum absolute atomic E-state index is 0.838. The summed E-state index contributed by atoms with van der Waals surface area (Å²) in [6, 6.07) is 60.0. The van der Waals surface area contributed by atoms with E-state index in [1.807, 2.05) is 24.3 Å². The van der Waals surface area contributed by atoms with Gasteiger partial charge in [0.05, 0.1) is 14.2 Å². The van der Waals surface area contributed by atoms with E-state index in [1.165, 1.54) is 33.4 Å². The predicted octanol–water partition coefficient (Wildman–Crippen LogP) is 12.6. The first kappa shape index (κ1) is 32.3. The van der Waals surface area contributed by atoms with Crippen molar-refractivity contribution < 1.29 is 9.47 Å². The molecule has 4 nitrogen and oxygen atoms in total. The molecule has 0 bridgehead atoms. The Bertz CT molecular complexity index is 2010. The van der Waals surface area contributed by atoms with Gasteiger partial charge in [-0.1, -0.05) is 72.8 Å². The van der Waals surface area contributed by atoms with Crippen molar-refractivity contribution in [3.05, 3.63) is 181 Å². The fraction of sp³-hybridized carbons (Fsp3) is 0.0870. The van der Waals surface area contributed by atoms with Gasteiger partial charge in [-0.15, -0.1) is 0 Å². The second-order valence-corrected chi connectivity index (χ2v) is 12.4. The zero-order valence-corrected chi connectivity index (χ0v) is 28.9. The summed E-state index contributed by atoms with van der Waals surface area (Å²) in [5, 5.41) is 0. The predicted molar refractivity (Wildman–Crippen MR) is 209 cm³/mol. The van der Waals surface area contributed by atoms with Gasteiger partial charge in [0.15, 0.2) is 0 Å². The smallest absolute Gasteiger partial charge is 0.119 e. The molecule has 0 radical (unpaired) electrons. The van der Waals surface area contributed by atoms with Gasteiger partial charge >= 0.3 is 0 Å². The fourth-order valence-corrected chi connectivity index (χ4v) is 6.35. The molecule has 7 aromatic rings. The maximum Gasteiger partial charge on any atom is 0.119 e. The molecular weight excluding hydrogens is 613 g/mol. The third kappa shape index (κ3) is 6.96. The Labute approximate surface area is 295 Å². The Morgan fingerprint density at radius 2 is 0.600 bits per heavy atom. The molecule has 0 aliphatic rings. The lowest BCUT2D eigenvalue weighted by atomic mass is 9.99. The summed E-state index contributed by atoms with van der Waals surface area (Å²) in [5.41, 5.74) is 13.7. The molecule has 0 fully saturated rings. The van der Waals surface area contributed by atoms with Gasteiger partial charge in [-0.05, 0) is 144 Å². The summed E-state index contributed by atoms with van der Waals surface area (Å²) in [5.74, 6) is 1.68. The molecule has 0 spiro atoms. The number of nitrogens with zero attached hydrogens (tertiary/aromatic N) is 2. The van der Waals surface area contributed by atoms with Crippen LogP contribution in [0.25, 0.3) is 22.3 Å². The van der Waals surface area contributed by atoms with Crippen LogP contribution in [0, 0.1) is 13.8 Å². The molecule has 0 unspecified atom stereocenters. The van der Waals surface area contributed by atoms with Crippen molar-refractivity contribution in [2.45, 2.75) is 13.8 Å². The van der Waals surface area contributed by atoms with Gasteiger partial charge in [0, 0.05) is 34.1 Å². The van der Waals surface area contributed by atoms with E-state index in [-0.39, 0.29) is 0 Å². The van der Waals surface area contributed by atoms with Gasteiger partial charge in [0.25, 0.3) is 0 Å². The highest BCUT2D eigenvalue weighted by Gasteiger charge is 2.15. The second-order valence-electron chi connectivity index (χ2n) is 12.4. The van der Waals surface area contributed by atoms with Crippen LogP contribution in [0.4, 0.5) is 34.1 Å². The average Bonchev–Trinajstić information content (AvgIpc) is 3.16. The molecule has 246 valence electrons. The van der Waals surface area contributed by atoms with Gasteiger partial charge in [-0.25, -0.2) is 0 Å². The Morgan fingerprint density at radius 3 is 0.880 bits per heavy atom. The summed E-state index contributed by atoms with van der Waals surface area (Å²) in [4.78, 5) is 4.55. The maximum atomic E-state index is 5.41. The summed E-state index contributed by atoms with van der Waals surface area (Å²) < 4.78 is 10.8. The normalized spacial score (nSPS) is 10.8. The number of anilines is 6. The number of rotatable bonds is 10. The van der Waals surface area contributed by atoms with Gasteiger partial charge in [0.2, 0.25) is 0 Å². The van der Waals surface area contributed by atoms with Gasteiger partial charge in [0.1, 0.15) is 11.5 Å². The number of hydrogen-bond donors (Lipinski definition) is 0. The van der Waals surface area contributed by atoms with Crippen LogP contribution in [-0.2, 0) is 0 Å². The van der Waals surface area contributed by atoms with E-state index in [0.29, 0.717) is 0 Å². The van der Waals surface area contributed by atoms with Crippen LogP contribution in [0.5, 0.6) is 11.5 Å². The van der Waals surface area contributed by atoms with E-state index in [9.17, 15) is 0 Å². The number of benzene rings is 7. The lowest BCUT2D eigenvalue weighted by Crippen LogP contribution is -2.10. The SMILES string of the molecule is COc1ccc(N(c2ccc(-c3ccc(-c4ccc(N(c5ccc(OC)cc5)c5cccc(C)c5)cc4)cc3)cc2)c2cccc(C)c2)cc1. The third-order valence-electron chi connectivity index (χ3n) is 8.98. The summed E-state index contributed by atoms with van der Waals surface area (Å²) in [7, 11) is 3.39. The topological polar surface area (TPSA) is 24.9 Å². The first-order valence-electron chi connectivity index (χ1n) is 16.8. The van der Waals surface area contributed by atoms with Crippen LogP contribution in [-0.4, -0.2) is 14.2 Å². The highest BCUT2D eigenvalue weighted by molar-refractivity contribution is 5.81. The molecule has 7 aromatic carbocycles. The van der Waals surface area contributed by atoms with Crippen LogP contribution in [0.15, 0.2) is 170 Å². The zero-order valence-electron chi connectivity index (χ0n) is 28.9. The number of hydrogen-bond acceptors (Lipinski definition) is 4. The van der Waals surface area contributed by atoms with Crippen LogP contribution >= 0.6 is 0 Å². The Hall–Kier alpha value is -6.26. The molecule has 50 heavy (non-hydrogen) atoms. The van der Waals surface area contributed by atoms with E-state index in [4.69, 9.17) is 9.47 Å². The number of ether oxygens (including phenoxy) is 2. The van der Waals surface area contributed by atoms with E-state index in [0.717, 1.165) is 45.6 Å². The third-order valence-corrected chi connectivity index (χ3v) is 8.98. The van der Waals surface area contributed by atoms with Crippen molar-refractivity contribution in [2.75, 3.05) is 24.0 Å². The molecule has 0 N–H and O–H groups in total. The highest BCUT2D eigenvalue weighted by Crippen LogP contribution is 2.39. The molecule has 7 rings (SSSR count). The first-order valence-corrected chi connectivity index (χ1v) is 16.8. The molecule has 0 heterocycles. The first-order chi connectivity index (χ1) is 24.5. The fourth-order valence-electron chi connectivity index (χ4n) is 6.35. The van der Waals surface area contributed by atoms with Crippen LogP contribution < -0.4 is 19.3 Å². The molecule has 4 heteroatoms. The van der Waals surface area contributed by atoms with Crippen LogP contribution in [0.2, 0.25) is 0 Å². The monoisotopic (exact) mass is 652 g/mol. The largest absolute Gasteiger partial charge is 0.497 e. The van der Waals surface area contributed by atoms with Crippen LogP contribution in [0.1, 0.15) is 11.1 Å². The zero-order chi connectivity index (χ0) is 34.5. The summed E-state index contributed by atoms with van der Waals surface area (Å²) >= 11 is 0. The molecule has 0 saturated carbocycles. The van der Waals surface area contributed by atoms with Gasteiger partial charge in [-0.3, -0.25) is 0 Å². The average molecular weight is 653 g/mol. The van der Waals surface area contributed by atoms with Crippen molar-refractivity contribution in [3.63, 3.8) is 0 Å². The minimum Gasteiger partial charge on any atom is -0.497 e. The Morgan fingerprint density at radius 1 is 0.320 bits per heavy atom. The standard InChI is InChI=1S/C46H40N2O2/c1-33-7-5-9-43(31-33)47(41-23-27-45(49-3)28-24-41)39-19-15-37(16-20-39)35-11-13-36(14-12-35)38-17-21-40(22-18-38)48(44-10-6-8-34(2)32-44)42-25-29-46(50-4)30-26-42/h5-32H,1-4H3. The number of aryl methyl sites for hydroxylation is 2. The maximum absolute atomic E-state index is 5.41. The Balaban J connectivity index is 1.13. The van der Waals surface area contributed by atoms with Gasteiger partial charge in [-0.2, -0.15) is 0 Å². The summed E-state index contributed by atoms with van der Waals surface area (Å²) in [6.07, 6.45) is 0. The molecule has 0 atom stereocenters. The van der Waals surface area contributed by atoms with E-state index >= 15 is 0 Å². The Kier molecular flexibility index (Phi) is 9.35. The van der Waals surface area contributed by atoms with Crippen molar-refractivity contribution in [2.24, 2.45) is 0 Å². The quantitative estimate of drug-likeness (QED) is 0.147. The van der Waals surface area contributed by atoms with Gasteiger partial charge < -0.3 is 19.3 Å². The molecule has 0 aliphatic carbocycles. The van der Waals surface area contributed by atoms with Crippen molar-refractivity contribution in [3.8, 4) is 33.8 Å². The van der Waals surface area contributed by atoms with Crippen molar-refractivity contribution >= 4 is 34.1 Å². The number of methoxy groups -OCH3 is 2. The van der Waals surface area contributed by atoms with E-state index in [2.05, 4.69) is 169 Å². The lowest BCUT2D eigenvalue weighted by molar-refractivity contribution is 0.414. The van der Waals surface area contributed by atoms with E-state index in [1.54, 1.807) is 14.2 Å². The molecule has 0 aromatic heterocycles. The minimum atomic E-state index is 0.838. The lowest BCUT2D eigenvalue weighted by Gasteiger charge is -2.26.